The Morgan fingerprint density at radius 3 is 2.30 bits per heavy atom. The number of fused-ring (bicyclic) bond motifs is 3. The molecule has 3 heterocycles. The normalized spacial score (nSPS) is 17.3. The summed E-state index contributed by atoms with van der Waals surface area (Å²) in [6.07, 6.45) is 1.93. The number of rotatable bonds is 3. The Morgan fingerprint density at radius 2 is 1.64 bits per heavy atom. The first-order chi connectivity index (χ1) is 15.7. The van der Waals surface area contributed by atoms with E-state index in [1.54, 1.807) is 6.20 Å². The second-order valence-corrected chi connectivity index (χ2v) is 10.5. The maximum atomic E-state index is 6.07. The molecule has 0 aliphatic carbocycles. The summed E-state index contributed by atoms with van der Waals surface area (Å²) in [4.78, 5) is 9.54. The molecule has 0 bridgehead atoms. The van der Waals surface area contributed by atoms with E-state index in [4.69, 9.17) is 4.42 Å². The summed E-state index contributed by atoms with van der Waals surface area (Å²) in [6.45, 7) is 16.1. The van der Waals surface area contributed by atoms with E-state index in [-0.39, 0.29) is 11.6 Å². The van der Waals surface area contributed by atoms with Crippen molar-refractivity contribution in [1.29, 1.82) is 0 Å². The minimum atomic E-state index is -0.00480. The third-order valence-corrected chi connectivity index (χ3v) is 6.66. The minimum absolute atomic E-state index is 0.00480. The van der Waals surface area contributed by atoms with Crippen molar-refractivity contribution in [3.8, 4) is 0 Å². The molecule has 0 radical (unpaired) electrons. The number of aryl methyl sites for hydroxylation is 1. The number of pyridine rings is 1. The van der Waals surface area contributed by atoms with Gasteiger partial charge in [0.15, 0.2) is 0 Å². The lowest BCUT2D eigenvalue weighted by Gasteiger charge is -2.43. The van der Waals surface area contributed by atoms with Crippen LogP contribution in [0.1, 0.15) is 47.1 Å². The Hall–Kier alpha value is -3.27. The van der Waals surface area contributed by atoms with Gasteiger partial charge in [-0.2, -0.15) is 0 Å². The van der Waals surface area contributed by atoms with E-state index in [1.807, 2.05) is 6.07 Å². The Kier molecular flexibility index (Phi) is 5.00. The van der Waals surface area contributed by atoms with Crippen molar-refractivity contribution in [2.75, 3.05) is 9.80 Å². The van der Waals surface area contributed by atoms with E-state index in [9.17, 15) is 0 Å². The van der Waals surface area contributed by atoms with Crippen LogP contribution in [0.3, 0.4) is 0 Å². The highest BCUT2D eigenvalue weighted by Crippen LogP contribution is 2.47. The molecule has 0 saturated carbocycles. The molecule has 5 rings (SSSR count). The summed E-state index contributed by atoms with van der Waals surface area (Å²) < 4.78 is 6.07. The van der Waals surface area contributed by atoms with Gasteiger partial charge in [-0.05, 0) is 61.7 Å². The molecule has 1 aliphatic heterocycles. The van der Waals surface area contributed by atoms with Crippen LogP contribution >= 0.6 is 0 Å². The molecule has 4 nitrogen and oxygen atoms in total. The van der Waals surface area contributed by atoms with E-state index < -0.39 is 0 Å². The number of aromatic nitrogens is 1. The van der Waals surface area contributed by atoms with E-state index >= 15 is 0 Å². The average molecular weight is 440 g/mol. The Balaban J connectivity index is 1.77. The average Bonchev–Trinajstić information content (AvgIpc) is 3.28. The minimum Gasteiger partial charge on any atom is -0.438 e. The molecular weight excluding hydrogens is 406 g/mol. The summed E-state index contributed by atoms with van der Waals surface area (Å²) >= 11 is 0. The molecule has 33 heavy (non-hydrogen) atoms. The van der Waals surface area contributed by atoms with Crippen molar-refractivity contribution >= 4 is 33.4 Å². The fourth-order valence-electron chi connectivity index (χ4n) is 5.39. The van der Waals surface area contributed by atoms with Crippen LogP contribution < -0.4 is 9.80 Å². The molecule has 0 fully saturated rings. The standard InChI is InChI=1S/C29H33N3O/c1-18(2)26-20(4)31(28(29(5,6)7)32(26)21-12-9-8-10-13-21)24-17-23-22-14-11-15-30-27(22)33-25(23)16-19(24)3/h8-18,28H,1-7H3. The van der Waals surface area contributed by atoms with Crippen molar-refractivity contribution < 1.29 is 4.42 Å². The van der Waals surface area contributed by atoms with Crippen molar-refractivity contribution in [1.82, 2.24) is 4.98 Å². The van der Waals surface area contributed by atoms with Crippen LogP contribution in [0.5, 0.6) is 0 Å². The zero-order valence-electron chi connectivity index (χ0n) is 20.7. The van der Waals surface area contributed by atoms with E-state index in [0.717, 1.165) is 16.4 Å². The first-order valence-corrected chi connectivity index (χ1v) is 11.8. The maximum absolute atomic E-state index is 6.07. The molecule has 2 aromatic carbocycles. The van der Waals surface area contributed by atoms with Crippen molar-refractivity contribution in [3.05, 3.63) is 77.8 Å². The van der Waals surface area contributed by atoms with Gasteiger partial charge in [0.05, 0.1) is 0 Å². The number of allylic oxidation sites excluding steroid dienone is 2. The first-order valence-electron chi connectivity index (χ1n) is 11.8. The SMILES string of the molecule is CC1=C(C(C)C)N(c2ccccc2)C(C(C)(C)C)N1c1cc2c(cc1C)oc1ncccc12. The van der Waals surface area contributed by atoms with E-state index in [2.05, 4.69) is 112 Å². The molecular formula is C29H33N3O. The van der Waals surface area contributed by atoms with Crippen LogP contribution in [0.15, 0.2) is 76.6 Å². The number of anilines is 2. The first kappa shape index (κ1) is 21.6. The van der Waals surface area contributed by atoms with Crippen molar-refractivity contribution in [2.24, 2.45) is 11.3 Å². The monoisotopic (exact) mass is 439 g/mol. The van der Waals surface area contributed by atoms with Gasteiger partial charge in [-0.25, -0.2) is 4.98 Å². The van der Waals surface area contributed by atoms with Crippen LogP contribution in [0.25, 0.3) is 22.1 Å². The maximum Gasteiger partial charge on any atom is 0.227 e. The predicted molar refractivity (Wildman–Crippen MR) is 138 cm³/mol. The van der Waals surface area contributed by atoms with Gasteiger partial charge in [0.2, 0.25) is 5.71 Å². The Bertz CT molecular complexity index is 1360. The van der Waals surface area contributed by atoms with Gasteiger partial charge in [-0.15, -0.1) is 0 Å². The molecule has 170 valence electrons. The van der Waals surface area contributed by atoms with Crippen LogP contribution in [0, 0.1) is 18.3 Å². The fourth-order valence-corrected chi connectivity index (χ4v) is 5.39. The van der Waals surface area contributed by atoms with E-state index in [0.29, 0.717) is 11.6 Å². The third-order valence-electron chi connectivity index (χ3n) is 6.66. The molecule has 4 heteroatoms. The lowest BCUT2D eigenvalue weighted by Crippen LogP contribution is -2.50. The van der Waals surface area contributed by atoms with Crippen LogP contribution in [0.4, 0.5) is 11.4 Å². The number of nitrogens with zero attached hydrogens (tertiary/aromatic N) is 3. The number of furan rings is 1. The second kappa shape index (κ2) is 7.65. The smallest absolute Gasteiger partial charge is 0.227 e. The molecule has 4 aromatic rings. The second-order valence-electron chi connectivity index (χ2n) is 10.5. The molecule has 1 aliphatic rings. The summed E-state index contributed by atoms with van der Waals surface area (Å²) in [5.41, 5.74) is 7.92. The zero-order valence-corrected chi connectivity index (χ0v) is 20.7. The van der Waals surface area contributed by atoms with Crippen molar-refractivity contribution in [2.45, 2.75) is 54.6 Å². The van der Waals surface area contributed by atoms with E-state index in [1.165, 1.54) is 28.3 Å². The van der Waals surface area contributed by atoms with Gasteiger partial charge in [-0.3, -0.25) is 0 Å². The van der Waals surface area contributed by atoms with Gasteiger partial charge in [0.25, 0.3) is 0 Å². The van der Waals surface area contributed by atoms with Crippen LogP contribution in [-0.2, 0) is 0 Å². The highest BCUT2D eigenvalue weighted by molar-refractivity contribution is 6.05. The topological polar surface area (TPSA) is 32.5 Å². The fraction of sp³-hybridized carbons (Fsp3) is 0.345. The van der Waals surface area contributed by atoms with Crippen molar-refractivity contribution in [3.63, 3.8) is 0 Å². The summed E-state index contributed by atoms with van der Waals surface area (Å²) in [5, 5.41) is 2.18. The quantitative estimate of drug-likeness (QED) is 0.325. The third kappa shape index (κ3) is 3.40. The number of hydrogen-bond donors (Lipinski definition) is 0. The van der Waals surface area contributed by atoms with Gasteiger partial charge in [-0.1, -0.05) is 52.8 Å². The number of para-hydroxylation sites is 1. The molecule has 2 aromatic heterocycles. The van der Waals surface area contributed by atoms with Gasteiger partial charge < -0.3 is 14.2 Å². The Labute approximate surface area is 196 Å². The van der Waals surface area contributed by atoms with Crippen LogP contribution in [-0.4, -0.2) is 11.1 Å². The number of hydrogen-bond acceptors (Lipinski definition) is 4. The summed E-state index contributed by atoms with van der Waals surface area (Å²) in [6, 6.07) is 19.3. The number of benzene rings is 2. The molecule has 0 amide bonds. The summed E-state index contributed by atoms with van der Waals surface area (Å²) in [7, 11) is 0. The van der Waals surface area contributed by atoms with Gasteiger partial charge >= 0.3 is 0 Å². The lowest BCUT2D eigenvalue weighted by atomic mass is 9.89. The molecule has 0 spiro atoms. The van der Waals surface area contributed by atoms with Gasteiger partial charge in [0.1, 0.15) is 11.7 Å². The largest absolute Gasteiger partial charge is 0.438 e. The highest BCUT2D eigenvalue weighted by Gasteiger charge is 2.45. The van der Waals surface area contributed by atoms with Crippen LogP contribution in [0.2, 0.25) is 0 Å². The molecule has 0 saturated heterocycles. The highest BCUT2D eigenvalue weighted by atomic mass is 16.3. The molecule has 1 atom stereocenters. The van der Waals surface area contributed by atoms with Gasteiger partial charge in [0, 0.05) is 45.2 Å². The lowest BCUT2D eigenvalue weighted by molar-refractivity contribution is 0.320. The molecule has 0 N–H and O–H groups in total. The summed E-state index contributed by atoms with van der Waals surface area (Å²) in [5.74, 6) is 0.392. The predicted octanol–water partition coefficient (Wildman–Crippen LogP) is 7.88. The zero-order chi connectivity index (χ0) is 23.5. The Morgan fingerprint density at radius 1 is 0.909 bits per heavy atom. The molecule has 1 unspecified atom stereocenters.